The van der Waals surface area contributed by atoms with Gasteiger partial charge in [0.15, 0.2) is 11.6 Å². The van der Waals surface area contributed by atoms with Gasteiger partial charge in [-0.3, -0.25) is 0 Å². The van der Waals surface area contributed by atoms with Gasteiger partial charge in [0.2, 0.25) is 0 Å². The van der Waals surface area contributed by atoms with Crippen molar-refractivity contribution >= 4 is 0 Å². The van der Waals surface area contributed by atoms with Crippen molar-refractivity contribution in [2.24, 2.45) is 0 Å². The third-order valence-corrected chi connectivity index (χ3v) is 2.17. The number of ether oxygens (including phenoxy) is 1. The van der Waals surface area contributed by atoms with Gasteiger partial charge in [-0.25, -0.2) is 4.39 Å². The summed E-state index contributed by atoms with van der Waals surface area (Å²) in [5.74, 6) is -0.234. The van der Waals surface area contributed by atoms with E-state index in [9.17, 15) is 9.50 Å². The van der Waals surface area contributed by atoms with Crippen LogP contribution in [0, 0.1) is 5.82 Å². The van der Waals surface area contributed by atoms with E-state index >= 15 is 0 Å². The molecule has 1 N–H and O–H groups in total. The maximum absolute atomic E-state index is 13.5. The summed E-state index contributed by atoms with van der Waals surface area (Å²) in [6.45, 7) is 5.86. The van der Waals surface area contributed by atoms with Crippen LogP contribution in [0.25, 0.3) is 0 Å². The zero-order valence-corrected chi connectivity index (χ0v) is 9.83. The van der Waals surface area contributed by atoms with Crippen molar-refractivity contribution in [2.45, 2.75) is 26.9 Å². The zero-order chi connectivity index (χ0) is 12.1. The van der Waals surface area contributed by atoms with Crippen molar-refractivity contribution < 1.29 is 14.2 Å². The summed E-state index contributed by atoms with van der Waals surface area (Å²) in [6.07, 6.45) is 1.21. The molecule has 1 atom stereocenters. The van der Waals surface area contributed by atoms with Crippen LogP contribution in [0.15, 0.2) is 29.8 Å². The van der Waals surface area contributed by atoms with Gasteiger partial charge in [0.25, 0.3) is 0 Å². The van der Waals surface area contributed by atoms with Crippen molar-refractivity contribution in [1.82, 2.24) is 0 Å². The van der Waals surface area contributed by atoms with Crippen LogP contribution in [0.3, 0.4) is 0 Å². The quantitative estimate of drug-likeness (QED) is 0.796. The summed E-state index contributed by atoms with van der Waals surface area (Å²) < 4.78 is 18.7. The first-order valence-electron chi connectivity index (χ1n) is 5.24. The molecule has 0 unspecified atom stereocenters. The van der Waals surface area contributed by atoms with E-state index in [2.05, 4.69) is 0 Å². The van der Waals surface area contributed by atoms with Crippen LogP contribution in [0.2, 0.25) is 0 Å². The van der Waals surface area contributed by atoms with E-state index in [1.165, 1.54) is 12.1 Å². The molecule has 88 valence electrons. The molecule has 0 aliphatic carbocycles. The number of hydrogen-bond donors (Lipinski definition) is 1. The van der Waals surface area contributed by atoms with E-state index in [4.69, 9.17) is 4.74 Å². The molecule has 0 fully saturated rings. The summed E-state index contributed by atoms with van der Waals surface area (Å²) in [7, 11) is 0. The van der Waals surface area contributed by atoms with Gasteiger partial charge in [-0.1, -0.05) is 11.6 Å². The third kappa shape index (κ3) is 3.66. The Morgan fingerprint density at radius 3 is 2.69 bits per heavy atom. The van der Waals surface area contributed by atoms with Crippen LogP contribution in [-0.2, 0) is 0 Å². The van der Waals surface area contributed by atoms with Gasteiger partial charge in [0.05, 0.1) is 6.10 Å². The van der Waals surface area contributed by atoms with Gasteiger partial charge in [0.1, 0.15) is 6.61 Å². The van der Waals surface area contributed by atoms with Crippen LogP contribution < -0.4 is 4.74 Å². The molecule has 0 bridgehead atoms. The first kappa shape index (κ1) is 12.7. The Morgan fingerprint density at radius 1 is 1.50 bits per heavy atom. The smallest absolute Gasteiger partial charge is 0.165 e. The molecule has 1 aromatic rings. The molecule has 16 heavy (non-hydrogen) atoms. The predicted molar refractivity (Wildman–Crippen MR) is 62.0 cm³/mol. The lowest BCUT2D eigenvalue weighted by Gasteiger charge is -2.08. The SMILES string of the molecule is CC(C)=CCOc1ccc([C@@H](C)O)cc1F. The molecule has 0 aliphatic rings. The lowest BCUT2D eigenvalue weighted by atomic mass is 10.1. The average molecular weight is 224 g/mol. The second kappa shape index (κ2) is 5.66. The Kier molecular flexibility index (Phi) is 4.50. The second-order valence-corrected chi connectivity index (χ2v) is 3.96. The summed E-state index contributed by atoms with van der Waals surface area (Å²) >= 11 is 0. The zero-order valence-electron chi connectivity index (χ0n) is 9.83. The Bertz CT molecular complexity index is 380. The fourth-order valence-corrected chi connectivity index (χ4v) is 1.19. The summed E-state index contributed by atoms with van der Waals surface area (Å²) in [6, 6.07) is 4.49. The minimum atomic E-state index is -0.665. The van der Waals surface area contributed by atoms with Gasteiger partial charge in [0, 0.05) is 0 Å². The highest BCUT2D eigenvalue weighted by Gasteiger charge is 2.07. The van der Waals surface area contributed by atoms with Gasteiger partial charge in [-0.2, -0.15) is 0 Å². The van der Waals surface area contributed by atoms with Gasteiger partial charge < -0.3 is 9.84 Å². The highest BCUT2D eigenvalue weighted by Crippen LogP contribution is 2.21. The molecule has 2 nitrogen and oxygen atoms in total. The summed E-state index contributed by atoms with van der Waals surface area (Å²) in [5.41, 5.74) is 1.67. The lowest BCUT2D eigenvalue weighted by molar-refractivity contribution is 0.198. The maximum Gasteiger partial charge on any atom is 0.165 e. The summed E-state index contributed by atoms with van der Waals surface area (Å²) in [5, 5.41) is 9.27. The van der Waals surface area contributed by atoms with E-state index in [0.29, 0.717) is 12.2 Å². The molecule has 0 saturated heterocycles. The number of allylic oxidation sites excluding steroid dienone is 1. The number of halogens is 1. The van der Waals surface area contributed by atoms with Crippen LogP contribution in [0.4, 0.5) is 4.39 Å². The third-order valence-electron chi connectivity index (χ3n) is 2.17. The largest absolute Gasteiger partial charge is 0.486 e. The van der Waals surface area contributed by atoms with Crippen LogP contribution in [0.5, 0.6) is 5.75 Å². The average Bonchev–Trinajstić information content (AvgIpc) is 2.19. The Balaban J connectivity index is 2.72. The Morgan fingerprint density at radius 2 is 2.19 bits per heavy atom. The predicted octanol–water partition coefficient (Wildman–Crippen LogP) is 3.22. The molecule has 0 spiro atoms. The lowest BCUT2D eigenvalue weighted by Crippen LogP contribution is -1.99. The summed E-state index contributed by atoms with van der Waals surface area (Å²) in [4.78, 5) is 0. The molecule has 0 radical (unpaired) electrons. The molecule has 0 heterocycles. The Hall–Kier alpha value is -1.35. The van der Waals surface area contributed by atoms with Crippen molar-refractivity contribution in [2.75, 3.05) is 6.61 Å². The molecule has 0 saturated carbocycles. The van der Waals surface area contributed by atoms with E-state index in [1.54, 1.807) is 13.0 Å². The van der Waals surface area contributed by atoms with Crippen LogP contribution in [0.1, 0.15) is 32.4 Å². The van der Waals surface area contributed by atoms with Crippen molar-refractivity contribution in [3.8, 4) is 5.75 Å². The van der Waals surface area contributed by atoms with E-state index < -0.39 is 11.9 Å². The minimum absolute atomic E-state index is 0.210. The number of aliphatic hydroxyl groups is 1. The number of hydrogen-bond acceptors (Lipinski definition) is 2. The topological polar surface area (TPSA) is 29.5 Å². The molecule has 0 aliphatic heterocycles. The standard InChI is InChI=1S/C13H17FO2/c1-9(2)6-7-16-13-5-4-11(10(3)15)8-12(13)14/h4-6,8,10,15H,7H2,1-3H3/t10-/m1/s1. The minimum Gasteiger partial charge on any atom is -0.486 e. The molecule has 0 aromatic heterocycles. The highest BCUT2D eigenvalue weighted by atomic mass is 19.1. The first-order chi connectivity index (χ1) is 7.50. The number of benzene rings is 1. The van der Waals surface area contributed by atoms with Crippen molar-refractivity contribution in [3.05, 3.63) is 41.2 Å². The van der Waals surface area contributed by atoms with Gasteiger partial charge in [-0.05, 0) is 44.5 Å². The van der Waals surface area contributed by atoms with E-state index in [-0.39, 0.29) is 5.75 Å². The molecule has 1 rings (SSSR count). The molecule has 0 amide bonds. The molecule has 1 aromatic carbocycles. The Labute approximate surface area is 95.4 Å². The number of rotatable bonds is 4. The fraction of sp³-hybridized carbons (Fsp3) is 0.385. The van der Waals surface area contributed by atoms with Crippen molar-refractivity contribution in [3.63, 3.8) is 0 Å². The van der Waals surface area contributed by atoms with E-state index in [1.807, 2.05) is 19.9 Å². The molecular formula is C13H17FO2. The number of aliphatic hydroxyl groups excluding tert-OH is 1. The molecule has 3 heteroatoms. The van der Waals surface area contributed by atoms with Gasteiger partial charge >= 0.3 is 0 Å². The van der Waals surface area contributed by atoms with Crippen LogP contribution in [-0.4, -0.2) is 11.7 Å². The normalized spacial score (nSPS) is 12.1. The second-order valence-electron chi connectivity index (χ2n) is 3.96. The van der Waals surface area contributed by atoms with Crippen LogP contribution >= 0.6 is 0 Å². The van der Waals surface area contributed by atoms with E-state index in [0.717, 1.165) is 5.57 Å². The fourth-order valence-electron chi connectivity index (χ4n) is 1.19. The van der Waals surface area contributed by atoms with Gasteiger partial charge in [-0.15, -0.1) is 0 Å². The first-order valence-corrected chi connectivity index (χ1v) is 5.24. The van der Waals surface area contributed by atoms with Crippen molar-refractivity contribution in [1.29, 1.82) is 0 Å². The maximum atomic E-state index is 13.5. The monoisotopic (exact) mass is 224 g/mol. The highest BCUT2D eigenvalue weighted by molar-refractivity contribution is 5.30. The molecular weight excluding hydrogens is 207 g/mol.